The minimum Gasteiger partial charge on any atom is -0.478 e. The smallest absolute Gasteiger partial charge is 0.338 e. The zero-order valence-corrected chi connectivity index (χ0v) is 11.9. The average molecular weight is 263 g/mol. The van der Waals surface area contributed by atoms with Gasteiger partial charge in [0.05, 0.1) is 10.6 Å². The van der Waals surface area contributed by atoms with Crippen LogP contribution in [0.15, 0.2) is 23.1 Å². The van der Waals surface area contributed by atoms with Crippen LogP contribution < -0.4 is 0 Å². The van der Waals surface area contributed by atoms with Gasteiger partial charge in [-0.25, -0.2) is 4.79 Å². The minimum absolute atomic E-state index is 0.187. The number of carboxylic acids is 1. The number of aromatic carboxylic acids is 1. The molecule has 92 valence electrons. The summed E-state index contributed by atoms with van der Waals surface area (Å²) in [5.74, 6) is -0.982. The minimum atomic E-state index is -0.982. The molecule has 1 aromatic rings. The molecule has 2 nitrogen and oxygen atoms in total. The molecule has 0 aliphatic rings. The molecule has 0 radical (unpaired) electrons. The van der Waals surface area contributed by atoms with Gasteiger partial charge in [-0.2, -0.15) is 0 Å². The Morgan fingerprint density at radius 3 is 2.06 bits per heavy atom. The van der Waals surface area contributed by atoms with Crippen molar-refractivity contribution in [3.63, 3.8) is 0 Å². The zero-order valence-electron chi connectivity index (χ0n) is 10.4. The number of carbonyl (C=O) groups is 1. The number of carboxylic acid groups (broad SMARTS) is 1. The fraction of sp³-hybridized carbons (Fsp3) is 0.417. The summed E-state index contributed by atoms with van der Waals surface area (Å²) >= 11 is 7.08. The topological polar surface area (TPSA) is 37.3 Å². The quantitative estimate of drug-likeness (QED) is 0.777. The first-order valence-corrected chi connectivity index (χ1v) is 6.83. The Balaban J connectivity index is 0. The van der Waals surface area contributed by atoms with Crippen molar-refractivity contribution in [1.29, 1.82) is 0 Å². The third-order valence-electron chi connectivity index (χ3n) is 1.41. The van der Waals surface area contributed by atoms with Gasteiger partial charge >= 0.3 is 5.97 Å². The summed E-state index contributed by atoms with van der Waals surface area (Å²) in [6.45, 7) is 8.00. The third kappa shape index (κ3) is 5.42. The second-order valence-corrected chi connectivity index (χ2v) is 3.38. The Labute approximate surface area is 107 Å². The molecule has 0 saturated heterocycles. The van der Waals surface area contributed by atoms with E-state index < -0.39 is 5.97 Å². The van der Waals surface area contributed by atoms with Gasteiger partial charge in [0, 0.05) is 4.90 Å². The summed E-state index contributed by atoms with van der Waals surface area (Å²) in [4.78, 5) is 11.4. The van der Waals surface area contributed by atoms with Crippen LogP contribution in [0.2, 0.25) is 5.02 Å². The maximum atomic E-state index is 10.7. The van der Waals surface area contributed by atoms with E-state index in [4.69, 9.17) is 16.7 Å². The third-order valence-corrected chi connectivity index (χ3v) is 2.50. The van der Waals surface area contributed by atoms with Gasteiger partial charge < -0.3 is 5.11 Å². The Hall–Kier alpha value is -0.670. The van der Waals surface area contributed by atoms with E-state index in [-0.39, 0.29) is 10.6 Å². The number of thioether (sulfide) groups is 1. The Kier molecular flexibility index (Phi) is 12.0. The molecular weight excluding hydrogens is 244 g/mol. The molecule has 0 fully saturated rings. The lowest BCUT2D eigenvalue weighted by molar-refractivity contribution is 0.0693. The van der Waals surface area contributed by atoms with Crippen molar-refractivity contribution in [3.8, 4) is 0 Å². The molecule has 0 unspecified atom stereocenters. The Morgan fingerprint density at radius 1 is 1.25 bits per heavy atom. The molecule has 0 heterocycles. The van der Waals surface area contributed by atoms with Crippen LogP contribution in [0.25, 0.3) is 0 Å². The summed E-state index contributed by atoms with van der Waals surface area (Å²) in [6, 6.07) is 5.05. The van der Waals surface area contributed by atoms with Crippen LogP contribution in [0.5, 0.6) is 0 Å². The van der Waals surface area contributed by atoms with Crippen molar-refractivity contribution in [2.75, 3.05) is 6.26 Å². The highest BCUT2D eigenvalue weighted by Gasteiger charge is 2.12. The van der Waals surface area contributed by atoms with Gasteiger partial charge in [-0.3, -0.25) is 0 Å². The van der Waals surface area contributed by atoms with E-state index >= 15 is 0 Å². The van der Waals surface area contributed by atoms with E-state index in [0.29, 0.717) is 4.90 Å². The lowest BCUT2D eigenvalue weighted by atomic mass is 10.2. The fourth-order valence-electron chi connectivity index (χ4n) is 0.882. The van der Waals surface area contributed by atoms with E-state index in [1.54, 1.807) is 18.2 Å². The summed E-state index contributed by atoms with van der Waals surface area (Å²) < 4.78 is 0. The van der Waals surface area contributed by atoms with Crippen molar-refractivity contribution >= 4 is 29.3 Å². The van der Waals surface area contributed by atoms with Crippen LogP contribution in [-0.4, -0.2) is 17.3 Å². The summed E-state index contributed by atoms with van der Waals surface area (Å²) in [7, 11) is 0. The number of halogens is 1. The average Bonchev–Trinajstić information content (AvgIpc) is 2.33. The van der Waals surface area contributed by atoms with Crippen LogP contribution in [0, 0.1) is 0 Å². The summed E-state index contributed by atoms with van der Waals surface area (Å²) in [5, 5.41) is 9.07. The van der Waals surface area contributed by atoms with Gasteiger partial charge in [0.1, 0.15) is 0 Å². The molecule has 1 N–H and O–H groups in total. The highest BCUT2D eigenvalue weighted by Crippen LogP contribution is 2.26. The van der Waals surface area contributed by atoms with Gasteiger partial charge in [-0.1, -0.05) is 45.4 Å². The van der Waals surface area contributed by atoms with E-state index in [1.165, 1.54) is 11.8 Å². The van der Waals surface area contributed by atoms with Gasteiger partial charge in [-0.05, 0) is 18.4 Å². The summed E-state index contributed by atoms with van der Waals surface area (Å²) in [5.41, 5.74) is 0.187. The molecule has 0 amide bonds. The lowest BCUT2D eigenvalue weighted by Crippen LogP contribution is -1.99. The van der Waals surface area contributed by atoms with Gasteiger partial charge in [0.2, 0.25) is 0 Å². The highest BCUT2D eigenvalue weighted by molar-refractivity contribution is 7.98. The number of hydrogen-bond donors (Lipinski definition) is 1. The molecular formula is C12H19ClO2S. The van der Waals surface area contributed by atoms with Crippen molar-refractivity contribution < 1.29 is 9.90 Å². The van der Waals surface area contributed by atoms with Crippen LogP contribution in [-0.2, 0) is 0 Å². The fourth-order valence-corrected chi connectivity index (χ4v) is 1.81. The van der Waals surface area contributed by atoms with Crippen molar-refractivity contribution in [2.24, 2.45) is 0 Å². The van der Waals surface area contributed by atoms with Gasteiger partial charge in [-0.15, -0.1) is 11.8 Å². The predicted molar refractivity (Wildman–Crippen MR) is 72.9 cm³/mol. The predicted octanol–water partition coefficient (Wildman–Crippen LogP) is 4.81. The van der Waals surface area contributed by atoms with E-state index in [9.17, 15) is 4.79 Å². The van der Waals surface area contributed by atoms with Crippen LogP contribution in [0.4, 0.5) is 0 Å². The second kappa shape index (κ2) is 10.8. The largest absolute Gasteiger partial charge is 0.478 e. The molecule has 0 atom stereocenters. The van der Waals surface area contributed by atoms with Crippen molar-refractivity contribution in [2.45, 2.75) is 32.6 Å². The number of hydrogen-bond acceptors (Lipinski definition) is 2. The first kappa shape index (κ1) is 17.7. The molecule has 0 aromatic heterocycles. The maximum absolute atomic E-state index is 10.7. The molecule has 0 bridgehead atoms. The molecule has 1 rings (SSSR count). The van der Waals surface area contributed by atoms with Crippen LogP contribution in [0.3, 0.4) is 0 Å². The summed E-state index contributed by atoms with van der Waals surface area (Å²) in [6.07, 6.45) is 1.82. The molecule has 0 aliphatic heterocycles. The highest BCUT2D eigenvalue weighted by atomic mass is 35.5. The Bertz CT molecular complexity index is 314. The van der Waals surface area contributed by atoms with Gasteiger partial charge in [0.25, 0.3) is 0 Å². The standard InChI is InChI=1S/C8H7ClO2S.2C2H6/c1-12-6-4-2-3-5(9)7(6)8(10)11;2*1-2/h2-4H,1H3,(H,10,11);2*1-2H3. The van der Waals surface area contributed by atoms with Gasteiger partial charge in [0.15, 0.2) is 0 Å². The SMILES string of the molecule is CC.CC.CSc1cccc(Cl)c1C(=O)O. The van der Waals surface area contributed by atoms with Crippen LogP contribution >= 0.6 is 23.4 Å². The second-order valence-electron chi connectivity index (χ2n) is 2.12. The first-order valence-electron chi connectivity index (χ1n) is 5.22. The molecule has 0 spiro atoms. The normalized spacial score (nSPS) is 8.12. The molecule has 1 aromatic carbocycles. The number of benzene rings is 1. The Morgan fingerprint density at radius 2 is 1.75 bits per heavy atom. The van der Waals surface area contributed by atoms with Crippen molar-refractivity contribution in [3.05, 3.63) is 28.8 Å². The molecule has 16 heavy (non-hydrogen) atoms. The molecule has 0 aliphatic carbocycles. The molecule has 4 heteroatoms. The number of rotatable bonds is 2. The monoisotopic (exact) mass is 262 g/mol. The van der Waals surface area contributed by atoms with E-state index in [1.807, 2.05) is 34.0 Å². The maximum Gasteiger partial charge on any atom is 0.338 e. The lowest BCUT2D eigenvalue weighted by Gasteiger charge is -2.03. The molecule has 0 saturated carbocycles. The van der Waals surface area contributed by atoms with E-state index in [2.05, 4.69) is 0 Å². The zero-order chi connectivity index (χ0) is 13.1. The van der Waals surface area contributed by atoms with E-state index in [0.717, 1.165) is 0 Å². The first-order chi connectivity index (χ1) is 7.66. The van der Waals surface area contributed by atoms with Crippen LogP contribution in [0.1, 0.15) is 38.1 Å². The van der Waals surface area contributed by atoms with Crippen molar-refractivity contribution in [1.82, 2.24) is 0 Å².